The molecule has 32 heavy (non-hydrogen) atoms. The van der Waals surface area contributed by atoms with E-state index in [9.17, 15) is 9.90 Å². The maximum absolute atomic E-state index is 13.2. The van der Waals surface area contributed by atoms with Gasteiger partial charge in [-0.1, -0.05) is 17.7 Å². The number of carbonyl (C=O) groups excluding carboxylic acids is 1. The van der Waals surface area contributed by atoms with E-state index in [1.165, 1.54) is 11.1 Å². The van der Waals surface area contributed by atoms with E-state index in [0.29, 0.717) is 37.4 Å². The Morgan fingerprint density at radius 2 is 2.06 bits per heavy atom. The molecule has 1 aromatic carbocycles. The third-order valence-corrected chi connectivity index (χ3v) is 8.86. The number of thiophene rings is 1. The fourth-order valence-corrected chi connectivity index (χ4v) is 7.78. The van der Waals surface area contributed by atoms with E-state index in [1.54, 1.807) is 11.3 Å². The minimum Gasteiger partial charge on any atom is -0.484 e. The average molecular weight is 453 g/mol. The Morgan fingerprint density at radius 1 is 1.25 bits per heavy atom. The highest BCUT2D eigenvalue weighted by Crippen LogP contribution is 2.55. The van der Waals surface area contributed by atoms with Gasteiger partial charge in [-0.15, -0.1) is 0 Å². The second-order valence-corrected chi connectivity index (χ2v) is 11.5. The van der Waals surface area contributed by atoms with E-state index in [0.717, 1.165) is 43.4 Å². The highest BCUT2D eigenvalue weighted by Gasteiger charge is 2.55. The number of rotatable bonds is 4. The van der Waals surface area contributed by atoms with Gasteiger partial charge in [0.15, 0.2) is 0 Å². The Morgan fingerprint density at radius 3 is 2.78 bits per heavy atom. The standard InChI is InChI=1S/C26H32N2O3S/c1-16-2-3-22-21(6-16)12-28(13-23(31-22)18-4-5-32-15-18)14-24(29)27-25-19-7-17-8-20(25)11-26(30,9-17)10-19/h2-6,15,17,19-20,23,25,30H,7-14H2,1H3,(H,27,29). The summed E-state index contributed by atoms with van der Waals surface area (Å²) in [5, 5.41) is 18.5. The summed E-state index contributed by atoms with van der Waals surface area (Å²) in [7, 11) is 0. The van der Waals surface area contributed by atoms with Crippen molar-refractivity contribution in [2.75, 3.05) is 13.1 Å². The van der Waals surface area contributed by atoms with Gasteiger partial charge >= 0.3 is 0 Å². The Labute approximate surface area is 193 Å². The number of amides is 1. The second kappa shape index (κ2) is 7.86. The molecule has 2 N–H and O–H groups in total. The van der Waals surface area contributed by atoms with Crippen LogP contribution in [0.2, 0.25) is 0 Å². The van der Waals surface area contributed by atoms with Crippen LogP contribution in [0, 0.1) is 24.7 Å². The number of nitrogens with one attached hydrogen (secondary N) is 1. The first-order chi connectivity index (χ1) is 15.4. The molecular formula is C26H32N2O3S. The van der Waals surface area contributed by atoms with Crippen LogP contribution in [0.3, 0.4) is 0 Å². The summed E-state index contributed by atoms with van der Waals surface area (Å²) in [5.41, 5.74) is 3.06. The van der Waals surface area contributed by atoms with Crippen LogP contribution in [0.4, 0.5) is 0 Å². The monoisotopic (exact) mass is 452 g/mol. The van der Waals surface area contributed by atoms with Crippen LogP contribution in [0.1, 0.15) is 54.9 Å². The number of aryl methyl sites for hydroxylation is 1. The molecule has 4 saturated carbocycles. The van der Waals surface area contributed by atoms with Crippen molar-refractivity contribution in [2.45, 2.75) is 63.3 Å². The lowest BCUT2D eigenvalue weighted by Crippen LogP contribution is -2.62. The van der Waals surface area contributed by atoms with Crippen molar-refractivity contribution in [1.82, 2.24) is 10.2 Å². The number of carbonyl (C=O) groups is 1. The Hall–Kier alpha value is -1.89. The Bertz CT molecular complexity index is 991. The highest BCUT2D eigenvalue weighted by atomic mass is 32.1. The van der Waals surface area contributed by atoms with Gasteiger partial charge in [0.1, 0.15) is 11.9 Å². The lowest BCUT2D eigenvalue weighted by Gasteiger charge is -2.58. The number of fused-ring (bicyclic) bond motifs is 1. The molecular weight excluding hydrogens is 420 g/mol. The second-order valence-electron chi connectivity index (χ2n) is 10.7. The molecule has 3 atom stereocenters. The van der Waals surface area contributed by atoms with Gasteiger partial charge in [-0.2, -0.15) is 11.3 Å². The molecule has 1 aliphatic heterocycles. The number of hydrogen-bond donors (Lipinski definition) is 2. The predicted molar refractivity (Wildman–Crippen MR) is 125 cm³/mol. The average Bonchev–Trinajstić information content (AvgIpc) is 3.19. The van der Waals surface area contributed by atoms with Crippen LogP contribution in [-0.4, -0.2) is 40.6 Å². The molecule has 1 aromatic heterocycles. The number of ether oxygens (including phenoxy) is 1. The number of hydrogen-bond acceptors (Lipinski definition) is 5. The molecule has 0 saturated heterocycles. The van der Waals surface area contributed by atoms with Crippen LogP contribution < -0.4 is 10.1 Å². The zero-order valence-corrected chi connectivity index (χ0v) is 19.4. The van der Waals surface area contributed by atoms with Gasteiger partial charge in [-0.05, 0) is 79.7 Å². The number of aliphatic hydroxyl groups is 1. The van der Waals surface area contributed by atoms with Crippen LogP contribution in [0.25, 0.3) is 0 Å². The fourth-order valence-electron chi connectivity index (χ4n) is 7.08. The van der Waals surface area contributed by atoms with E-state index in [4.69, 9.17) is 4.74 Å². The van der Waals surface area contributed by atoms with E-state index in [2.05, 4.69) is 52.2 Å². The Kier molecular flexibility index (Phi) is 5.08. The minimum atomic E-state index is -0.463. The van der Waals surface area contributed by atoms with E-state index in [1.807, 2.05) is 0 Å². The summed E-state index contributed by atoms with van der Waals surface area (Å²) < 4.78 is 6.41. The summed E-state index contributed by atoms with van der Waals surface area (Å²) in [4.78, 5) is 15.4. The molecule has 2 aromatic rings. The van der Waals surface area contributed by atoms with Crippen LogP contribution in [-0.2, 0) is 11.3 Å². The third kappa shape index (κ3) is 3.87. The minimum absolute atomic E-state index is 0.0755. The summed E-state index contributed by atoms with van der Waals surface area (Å²) in [6.45, 7) is 3.88. The van der Waals surface area contributed by atoms with Gasteiger partial charge in [0.2, 0.25) is 5.91 Å². The normalized spacial score (nSPS) is 35.8. The van der Waals surface area contributed by atoms with Gasteiger partial charge in [0.05, 0.1) is 12.1 Å². The first-order valence-corrected chi connectivity index (χ1v) is 12.9. The van der Waals surface area contributed by atoms with E-state index < -0.39 is 5.60 Å². The van der Waals surface area contributed by atoms with Crippen LogP contribution >= 0.6 is 11.3 Å². The van der Waals surface area contributed by atoms with Crippen LogP contribution in [0.5, 0.6) is 5.75 Å². The zero-order chi connectivity index (χ0) is 21.9. The molecule has 1 amide bonds. The largest absolute Gasteiger partial charge is 0.484 e. The molecule has 4 bridgehead atoms. The fraction of sp³-hybridized carbons (Fsp3) is 0.577. The molecule has 6 heteroatoms. The van der Waals surface area contributed by atoms with Gasteiger partial charge in [0, 0.05) is 30.3 Å². The van der Waals surface area contributed by atoms with Crippen LogP contribution in [0.15, 0.2) is 35.0 Å². The van der Waals surface area contributed by atoms with Crippen molar-refractivity contribution < 1.29 is 14.6 Å². The molecule has 2 heterocycles. The maximum Gasteiger partial charge on any atom is 0.234 e. The Balaban J connectivity index is 1.18. The molecule has 7 rings (SSSR count). The van der Waals surface area contributed by atoms with Gasteiger partial charge < -0.3 is 15.2 Å². The first-order valence-electron chi connectivity index (χ1n) is 12.0. The summed E-state index contributed by atoms with van der Waals surface area (Å²) in [6, 6.07) is 8.67. The first kappa shape index (κ1) is 20.7. The molecule has 4 fully saturated rings. The molecule has 170 valence electrons. The molecule has 5 nitrogen and oxygen atoms in total. The van der Waals surface area contributed by atoms with Crippen molar-refractivity contribution in [3.63, 3.8) is 0 Å². The molecule has 4 aliphatic carbocycles. The maximum atomic E-state index is 13.2. The number of nitrogens with zero attached hydrogens (tertiary/aromatic N) is 1. The van der Waals surface area contributed by atoms with Gasteiger partial charge in [0.25, 0.3) is 0 Å². The smallest absolute Gasteiger partial charge is 0.234 e. The number of benzene rings is 1. The van der Waals surface area contributed by atoms with Crippen molar-refractivity contribution in [3.05, 3.63) is 51.7 Å². The quantitative estimate of drug-likeness (QED) is 0.735. The van der Waals surface area contributed by atoms with Crippen molar-refractivity contribution in [3.8, 4) is 5.75 Å². The summed E-state index contributed by atoms with van der Waals surface area (Å²) in [6.07, 6.45) is 4.93. The lowest BCUT2D eigenvalue weighted by molar-refractivity contribution is -0.147. The topological polar surface area (TPSA) is 61.8 Å². The van der Waals surface area contributed by atoms with E-state index >= 15 is 0 Å². The van der Waals surface area contributed by atoms with Crippen molar-refractivity contribution in [2.24, 2.45) is 17.8 Å². The van der Waals surface area contributed by atoms with Gasteiger partial charge in [-0.25, -0.2) is 0 Å². The van der Waals surface area contributed by atoms with E-state index in [-0.39, 0.29) is 18.1 Å². The molecule has 0 spiro atoms. The predicted octanol–water partition coefficient (Wildman–Crippen LogP) is 4.05. The van der Waals surface area contributed by atoms with Crippen molar-refractivity contribution in [1.29, 1.82) is 0 Å². The SMILES string of the molecule is Cc1ccc2c(c1)CN(CC(=O)NC1C3CC4CC1CC(O)(C4)C3)CC(c1ccsc1)O2. The summed E-state index contributed by atoms with van der Waals surface area (Å²) in [5.74, 6) is 2.55. The lowest BCUT2D eigenvalue weighted by atomic mass is 9.52. The third-order valence-electron chi connectivity index (χ3n) is 8.15. The molecule has 0 radical (unpaired) electrons. The van der Waals surface area contributed by atoms with Crippen molar-refractivity contribution >= 4 is 17.2 Å². The summed E-state index contributed by atoms with van der Waals surface area (Å²) >= 11 is 1.68. The zero-order valence-electron chi connectivity index (χ0n) is 18.6. The molecule has 3 unspecified atom stereocenters. The van der Waals surface area contributed by atoms with Gasteiger partial charge in [-0.3, -0.25) is 9.69 Å². The molecule has 5 aliphatic rings. The highest BCUT2D eigenvalue weighted by molar-refractivity contribution is 7.07.